The van der Waals surface area contributed by atoms with Crippen molar-refractivity contribution in [2.75, 3.05) is 26.2 Å². The SMILES string of the molecule is CCN(CC)CCCNC(=O)CC(C)C. The van der Waals surface area contributed by atoms with Gasteiger partial charge in [0.2, 0.25) is 5.91 Å². The fourth-order valence-corrected chi connectivity index (χ4v) is 1.51. The molecule has 0 unspecified atom stereocenters. The van der Waals surface area contributed by atoms with E-state index < -0.39 is 0 Å². The molecule has 0 saturated carbocycles. The maximum Gasteiger partial charge on any atom is 0.220 e. The van der Waals surface area contributed by atoms with Crippen LogP contribution in [0.2, 0.25) is 0 Å². The molecule has 0 saturated heterocycles. The van der Waals surface area contributed by atoms with Gasteiger partial charge in [-0.3, -0.25) is 4.79 Å². The van der Waals surface area contributed by atoms with E-state index in [1.54, 1.807) is 0 Å². The van der Waals surface area contributed by atoms with Crippen molar-refractivity contribution in [1.82, 2.24) is 10.2 Å². The monoisotopic (exact) mass is 214 g/mol. The molecular weight excluding hydrogens is 188 g/mol. The Labute approximate surface area is 94.2 Å². The van der Waals surface area contributed by atoms with Crippen molar-refractivity contribution in [2.45, 2.75) is 40.5 Å². The molecule has 0 bridgehead atoms. The van der Waals surface area contributed by atoms with Gasteiger partial charge < -0.3 is 10.2 Å². The maximum atomic E-state index is 11.3. The standard InChI is InChI=1S/C12H26N2O/c1-5-14(6-2)9-7-8-13-12(15)10-11(3)4/h11H,5-10H2,1-4H3,(H,13,15). The molecule has 1 N–H and O–H groups in total. The van der Waals surface area contributed by atoms with E-state index in [0.717, 1.165) is 32.6 Å². The van der Waals surface area contributed by atoms with Crippen LogP contribution in [-0.2, 0) is 4.79 Å². The highest BCUT2D eigenvalue weighted by Crippen LogP contribution is 1.98. The molecule has 1 amide bonds. The molecule has 0 aliphatic rings. The predicted octanol–water partition coefficient (Wildman–Crippen LogP) is 1.88. The van der Waals surface area contributed by atoms with E-state index in [2.05, 4.69) is 37.9 Å². The number of hydrogen-bond donors (Lipinski definition) is 1. The fraction of sp³-hybridized carbons (Fsp3) is 0.917. The van der Waals surface area contributed by atoms with Crippen molar-refractivity contribution in [1.29, 1.82) is 0 Å². The van der Waals surface area contributed by atoms with E-state index in [0.29, 0.717) is 12.3 Å². The van der Waals surface area contributed by atoms with E-state index >= 15 is 0 Å². The molecule has 0 aromatic heterocycles. The Hall–Kier alpha value is -0.570. The number of carbonyl (C=O) groups is 1. The highest BCUT2D eigenvalue weighted by molar-refractivity contribution is 5.75. The zero-order valence-electron chi connectivity index (χ0n) is 10.7. The number of amides is 1. The predicted molar refractivity (Wildman–Crippen MR) is 64.9 cm³/mol. The Bertz CT molecular complexity index is 165. The highest BCUT2D eigenvalue weighted by atomic mass is 16.1. The van der Waals surface area contributed by atoms with E-state index in [9.17, 15) is 4.79 Å². The first-order valence-electron chi connectivity index (χ1n) is 6.09. The van der Waals surface area contributed by atoms with Crippen LogP contribution < -0.4 is 5.32 Å². The van der Waals surface area contributed by atoms with E-state index in [1.165, 1.54) is 0 Å². The van der Waals surface area contributed by atoms with Crippen LogP contribution in [0.5, 0.6) is 0 Å². The molecule has 0 heterocycles. The third kappa shape index (κ3) is 8.43. The quantitative estimate of drug-likeness (QED) is 0.626. The summed E-state index contributed by atoms with van der Waals surface area (Å²) in [7, 11) is 0. The largest absolute Gasteiger partial charge is 0.356 e. The smallest absolute Gasteiger partial charge is 0.220 e. The summed E-state index contributed by atoms with van der Waals surface area (Å²) < 4.78 is 0. The van der Waals surface area contributed by atoms with Crippen LogP contribution in [0.3, 0.4) is 0 Å². The second-order valence-electron chi connectivity index (χ2n) is 4.33. The van der Waals surface area contributed by atoms with Gasteiger partial charge in [0, 0.05) is 13.0 Å². The summed E-state index contributed by atoms with van der Waals surface area (Å²) >= 11 is 0. The molecule has 0 aliphatic heterocycles. The summed E-state index contributed by atoms with van der Waals surface area (Å²) in [5, 5.41) is 2.95. The topological polar surface area (TPSA) is 32.3 Å². The number of rotatable bonds is 8. The summed E-state index contributed by atoms with van der Waals surface area (Å²) in [6, 6.07) is 0. The first-order chi connectivity index (χ1) is 7.10. The third-order valence-corrected chi connectivity index (χ3v) is 2.46. The lowest BCUT2D eigenvalue weighted by Crippen LogP contribution is -2.30. The van der Waals surface area contributed by atoms with Crippen molar-refractivity contribution in [3.8, 4) is 0 Å². The Morgan fingerprint density at radius 3 is 2.33 bits per heavy atom. The molecule has 0 aliphatic carbocycles. The summed E-state index contributed by atoms with van der Waals surface area (Å²) in [6.45, 7) is 12.5. The number of nitrogens with zero attached hydrogens (tertiary/aromatic N) is 1. The molecular formula is C12H26N2O. The van der Waals surface area contributed by atoms with Crippen molar-refractivity contribution in [3.05, 3.63) is 0 Å². The molecule has 0 atom stereocenters. The zero-order valence-corrected chi connectivity index (χ0v) is 10.7. The zero-order chi connectivity index (χ0) is 11.7. The molecule has 15 heavy (non-hydrogen) atoms. The van der Waals surface area contributed by atoms with Gasteiger partial charge in [-0.1, -0.05) is 27.7 Å². The van der Waals surface area contributed by atoms with Crippen molar-refractivity contribution < 1.29 is 4.79 Å². The number of hydrogen-bond acceptors (Lipinski definition) is 2. The van der Waals surface area contributed by atoms with Crippen molar-refractivity contribution >= 4 is 5.91 Å². The lowest BCUT2D eigenvalue weighted by molar-refractivity contribution is -0.121. The van der Waals surface area contributed by atoms with Crippen LogP contribution in [0.1, 0.15) is 40.5 Å². The summed E-state index contributed by atoms with van der Waals surface area (Å²) in [5.41, 5.74) is 0. The Kier molecular flexibility index (Phi) is 8.38. The minimum Gasteiger partial charge on any atom is -0.356 e. The average molecular weight is 214 g/mol. The van der Waals surface area contributed by atoms with Crippen LogP contribution in [0, 0.1) is 5.92 Å². The molecule has 3 heteroatoms. The lowest BCUT2D eigenvalue weighted by Gasteiger charge is -2.17. The first kappa shape index (κ1) is 14.4. The van der Waals surface area contributed by atoms with Gasteiger partial charge in [0.25, 0.3) is 0 Å². The Balaban J connectivity index is 3.41. The molecule has 0 aromatic carbocycles. The molecule has 3 nitrogen and oxygen atoms in total. The van der Waals surface area contributed by atoms with E-state index in [4.69, 9.17) is 0 Å². The highest BCUT2D eigenvalue weighted by Gasteiger charge is 2.04. The van der Waals surface area contributed by atoms with E-state index in [-0.39, 0.29) is 5.91 Å². The normalized spacial score (nSPS) is 11.1. The fourth-order valence-electron chi connectivity index (χ4n) is 1.51. The van der Waals surface area contributed by atoms with Crippen LogP contribution in [0.4, 0.5) is 0 Å². The molecule has 0 spiro atoms. The van der Waals surface area contributed by atoms with Crippen LogP contribution in [0.25, 0.3) is 0 Å². The Morgan fingerprint density at radius 2 is 1.87 bits per heavy atom. The van der Waals surface area contributed by atoms with Crippen molar-refractivity contribution in [3.63, 3.8) is 0 Å². The maximum absolute atomic E-state index is 11.3. The van der Waals surface area contributed by atoms with Gasteiger partial charge in [0.15, 0.2) is 0 Å². The molecule has 0 aromatic rings. The van der Waals surface area contributed by atoms with Crippen molar-refractivity contribution in [2.24, 2.45) is 5.92 Å². The lowest BCUT2D eigenvalue weighted by atomic mass is 10.1. The van der Waals surface area contributed by atoms with E-state index in [1.807, 2.05) is 0 Å². The number of nitrogens with one attached hydrogen (secondary N) is 1. The average Bonchev–Trinajstić information content (AvgIpc) is 2.17. The van der Waals surface area contributed by atoms with Gasteiger partial charge in [-0.15, -0.1) is 0 Å². The van der Waals surface area contributed by atoms with Crippen LogP contribution in [-0.4, -0.2) is 37.0 Å². The first-order valence-corrected chi connectivity index (χ1v) is 6.09. The number of carbonyl (C=O) groups excluding carboxylic acids is 1. The minimum absolute atomic E-state index is 0.185. The van der Waals surface area contributed by atoms with Gasteiger partial charge in [-0.25, -0.2) is 0 Å². The summed E-state index contributed by atoms with van der Waals surface area (Å²) in [4.78, 5) is 13.7. The third-order valence-electron chi connectivity index (χ3n) is 2.46. The van der Waals surface area contributed by atoms with Gasteiger partial charge in [0.05, 0.1) is 0 Å². The molecule has 90 valence electrons. The van der Waals surface area contributed by atoms with Gasteiger partial charge in [0.1, 0.15) is 0 Å². The Morgan fingerprint density at radius 1 is 1.27 bits per heavy atom. The van der Waals surface area contributed by atoms with Gasteiger partial charge in [-0.2, -0.15) is 0 Å². The molecule has 0 fully saturated rings. The second-order valence-corrected chi connectivity index (χ2v) is 4.33. The van der Waals surface area contributed by atoms with Crippen LogP contribution in [0.15, 0.2) is 0 Å². The van der Waals surface area contributed by atoms with Crippen LogP contribution >= 0.6 is 0 Å². The summed E-state index contributed by atoms with van der Waals surface area (Å²) in [6.07, 6.45) is 1.69. The van der Waals surface area contributed by atoms with Gasteiger partial charge >= 0.3 is 0 Å². The molecule has 0 rings (SSSR count). The van der Waals surface area contributed by atoms with Gasteiger partial charge in [-0.05, 0) is 32.0 Å². The summed E-state index contributed by atoms with van der Waals surface area (Å²) in [5.74, 6) is 0.636. The second kappa shape index (κ2) is 8.72. The minimum atomic E-state index is 0.185. The molecule has 0 radical (unpaired) electrons.